The van der Waals surface area contributed by atoms with Gasteiger partial charge in [0, 0.05) is 18.4 Å². The third-order valence-electron chi connectivity index (χ3n) is 6.57. The van der Waals surface area contributed by atoms with Crippen LogP contribution in [-0.2, 0) is 26.1 Å². The van der Waals surface area contributed by atoms with Gasteiger partial charge in [0.05, 0.1) is 25.4 Å². The predicted molar refractivity (Wildman–Crippen MR) is 146 cm³/mol. The Morgan fingerprint density at radius 2 is 1.78 bits per heavy atom. The number of aromatic nitrogens is 2. The Morgan fingerprint density at radius 1 is 1.13 bits per heavy atom. The SMILES string of the molecule is CCn1cc(S(=O)(=O)N2CC(CNC(=O)C(C)(O)C(F)(F)F)Oc3ccc(NC(=O)OC(C)(C)C(F)(F)F)cc32)c(OCCO)n1. The molecule has 21 heteroatoms. The Balaban J connectivity index is 2.02. The number of nitrogens with one attached hydrogen (secondary N) is 2. The number of carbonyl (C=O) groups is 2. The maximum absolute atomic E-state index is 14.0. The number of sulfonamides is 1. The Bertz CT molecular complexity index is 1540. The molecule has 0 saturated carbocycles. The summed E-state index contributed by atoms with van der Waals surface area (Å²) in [6.45, 7) is 1.03. The number of aliphatic hydroxyl groups is 2. The van der Waals surface area contributed by atoms with Crippen molar-refractivity contribution in [2.45, 2.75) is 68.8 Å². The van der Waals surface area contributed by atoms with Crippen LogP contribution in [0.5, 0.6) is 11.6 Å². The number of aryl methyl sites for hydroxylation is 1. The van der Waals surface area contributed by atoms with Crippen LogP contribution < -0.4 is 24.4 Å². The van der Waals surface area contributed by atoms with E-state index in [4.69, 9.17) is 14.6 Å². The van der Waals surface area contributed by atoms with E-state index in [0.717, 1.165) is 24.4 Å². The van der Waals surface area contributed by atoms with Crippen molar-refractivity contribution in [3.63, 3.8) is 0 Å². The third kappa shape index (κ3) is 7.69. The molecule has 46 heavy (non-hydrogen) atoms. The molecule has 0 bridgehead atoms. The molecule has 0 spiro atoms. The first-order chi connectivity index (χ1) is 21.0. The number of hydrogen-bond donors (Lipinski definition) is 4. The van der Waals surface area contributed by atoms with Crippen LogP contribution in [0.3, 0.4) is 0 Å². The van der Waals surface area contributed by atoms with E-state index in [1.165, 1.54) is 4.68 Å². The molecule has 1 aromatic heterocycles. The van der Waals surface area contributed by atoms with E-state index < -0.39 is 82.2 Å². The lowest BCUT2D eigenvalue weighted by molar-refractivity contribution is -0.245. The maximum atomic E-state index is 14.0. The molecule has 1 aromatic carbocycles. The molecule has 2 atom stereocenters. The normalized spacial score (nSPS) is 17.0. The average molecular weight is 692 g/mol. The van der Waals surface area contributed by atoms with Gasteiger partial charge in [0.2, 0.25) is 11.2 Å². The van der Waals surface area contributed by atoms with E-state index in [9.17, 15) is 49.5 Å². The van der Waals surface area contributed by atoms with Crippen LogP contribution in [0.15, 0.2) is 29.3 Å². The largest absolute Gasteiger partial charge is 0.484 e. The number of halogens is 6. The molecule has 4 N–H and O–H groups in total. The Hall–Kier alpha value is -3.98. The number of amides is 2. The number of carbonyl (C=O) groups excluding carboxylic acids is 2. The smallest absolute Gasteiger partial charge is 0.427 e. The Kier molecular flexibility index (Phi) is 10.3. The van der Waals surface area contributed by atoms with Gasteiger partial charge in [-0.05, 0) is 45.9 Å². The molecule has 0 fully saturated rings. The Labute approximate surface area is 258 Å². The van der Waals surface area contributed by atoms with Gasteiger partial charge < -0.3 is 29.7 Å². The summed E-state index contributed by atoms with van der Waals surface area (Å²) < 4.78 is 124. The van der Waals surface area contributed by atoms with Crippen LogP contribution in [0.25, 0.3) is 0 Å². The lowest BCUT2D eigenvalue weighted by Gasteiger charge is -2.36. The van der Waals surface area contributed by atoms with Gasteiger partial charge in [-0.25, -0.2) is 13.2 Å². The third-order valence-corrected chi connectivity index (χ3v) is 8.33. The van der Waals surface area contributed by atoms with Crippen LogP contribution in [0.1, 0.15) is 27.7 Å². The summed E-state index contributed by atoms with van der Waals surface area (Å²) >= 11 is 0. The van der Waals surface area contributed by atoms with Crippen molar-refractivity contribution in [2.75, 3.05) is 35.9 Å². The number of fused-ring (bicyclic) bond motifs is 1. The van der Waals surface area contributed by atoms with Gasteiger partial charge in [-0.2, -0.15) is 26.3 Å². The standard InChI is InChI=1S/C25H31F6N5O9S/c1-5-35-13-18(19(34-35)43-9-8-37)46(41,42)36-12-15(11-32-20(38)23(4,40)25(29,30)31)44-17-7-6-14(10-16(17)36)33-21(39)45-22(2,3)24(26,27)28/h6-7,10,13,15,37,40H,5,8-9,11-12H2,1-4H3,(H,32,38)(H,33,39). The number of nitrogens with zero attached hydrogens (tertiary/aromatic N) is 3. The monoisotopic (exact) mass is 691 g/mol. The minimum atomic E-state index is -5.34. The van der Waals surface area contributed by atoms with Crippen LogP contribution in [0.4, 0.5) is 42.5 Å². The first kappa shape index (κ1) is 36.5. The summed E-state index contributed by atoms with van der Waals surface area (Å²) in [5.74, 6) is -2.48. The Morgan fingerprint density at radius 3 is 2.35 bits per heavy atom. The predicted octanol–water partition coefficient (Wildman–Crippen LogP) is 2.55. The van der Waals surface area contributed by atoms with Crippen LogP contribution in [0, 0.1) is 0 Å². The molecule has 2 amide bonds. The summed E-state index contributed by atoms with van der Waals surface area (Å²) in [4.78, 5) is 23.9. The molecule has 3 rings (SSSR count). The summed E-state index contributed by atoms with van der Waals surface area (Å²) in [6, 6.07) is 3.25. The lowest BCUT2D eigenvalue weighted by Crippen LogP contribution is -2.57. The molecule has 1 aliphatic rings. The molecule has 1 aliphatic heterocycles. The van der Waals surface area contributed by atoms with Gasteiger partial charge in [0.15, 0.2) is 4.90 Å². The zero-order chi connectivity index (χ0) is 34.9. The van der Waals surface area contributed by atoms with Crippen LogP contribution in [-0.4, -0.2) is 96.4 Å². The molecule has 258 valence electrons. The van der Waals surface area contributed by atoms with Gasteiger partial charge in [0.25, 0.3) is 21.8 Å². The second-order valence-electron chi connectivity index (χ2n) is 10.5. The van der Waals surface area contributed by atoms with E-state index in [0.29, 0.717) is 18.2 Å². The fourth-order valence-electron chi connectivity index (χ4n) is 3.75. The number of aliphatic hydroxyl groups excluding tert-OH is 1. The molecule has 0 radical (unpaired) electrons. The highest BCUT2D eigenvalue weighted by Crippen LogP contribution is 2.41. The molecule has 2 heterocycles. The first-order valence-electron chi connectivity index (χ1n) is 13.3. The van der Waals surface area contributed by atoms with Gasteiger partial charge in [-0.1, -0.05) is 0 Å². The molecule has 2 unspecified atom stereocenters. The second-order valence-corrected chi connectivity index (χ2v) is 12.3. The van der Waals surface area contributed by atoms with E-state index in [-0.39, 0.29) is 37.2 Å². The fraction of sp³-hybridized carbons (Fsp3) is 0.560. The van der Waals surface area contributed by atoms with E-state index in [1.54, 1.807) is 6.92 Å². The van der Waals surface area contributed by atoms with E-state index in [1.807, 2.05) is 5.32 Å². The lowest BCUT2D eigenvalue weighted by atomic mass is 10.1. The highest BCUT2D eigenvalue weighted by atomic mass is 32.2. The average Bonchev–Trinajstić information content (AvgIpc) is 3.37. The molecular formula is C25H31F6N5O9S. The number of anilines is 2. The van der Waals surface area contributed by atoms with Crippen molar-refractivity contribution >= 4 is 33.4 Å². The van der Waals surface area contributed by atoms with E-state index in [2.05, 4.69) is 15.2 Å². The van der Waals surface area contributed by atoms with Crippen molar-refractivity contribution in [1.82, 2.24) is 15.1 Å². The topological polar surface area (TPSA) is 182 Å². The summed E-state index contributed by atoms with van der Waals surface area (Å²) in [6.07, 6.45) is -12.0. The molecular weight excluding hydrogens is 660 g/mol. The number of benzene rings is 1. The molecule has 0 saturated heterocycles. The maximum Gasteiger partial charge on any atom is 0.427 e. The van der Waals surface area contributed by atoms with Crippen molar-refractivity contribution in [3.8, 4) is 11.6 Å². The quantitative estimate of drug-likeness (QED) is 0.256. The first-order valence-corrected chi connectivity index (χ1v) is 14.8. The number of ether oxygens (including phenoxy) is 3. The zero-order valence-corrected chi connectivity index (χ0v) is 25.5. The van der Waals surface area contributed by atoms with Crippen LogP contribution >= 0.6 is 0 Å². The highest BCUT2D eigenvalue weighted by Gasteiger charge is 2.56. The second kappa shape index (κ2) is 13.0. The van der Waals surface area contributed by atoms with Crippen LogP contribution in [0.2, 0.25) is 0 Å². The highest BCUT2D eigenvalue weighted by molar-refractivity contribution is 7.93. The van der Waals surface area contributed by atoms with Crippen molar-refractivity contribution in [2.24, 2.45) is 0 Å². The molecule has 14 nitrogen and oxygen atoms in total. The zero-order valence-electron chi connectivity index (χ0n) is 24.7. The van der Waals surface area contributed by atoms with Gasteiger partial charge >= 0.3 is 18.4 Å². The summed E-state index contributed by atoms with van der Waals surface area (Å²) in [7, 11) is -4.71. The molecule has 0 aliphatic carbocycles. The number of hydrogen-bond acceptors (Lipinski definition) is 10. The van der Waals surface area contributed by atoms with E-state index >= 15 is 0 Å². The van der Waals surface area contributed by atoms with Gasteiger partial charge in [0.1, 0.15) is 18.5 Å². The number of rotatable bonds is 11. The minimum Gasteiger partial charge on any atom is -0.484 e. The number of alkyl halides is 6. The van der Waals surface area contributed by atoms with Crippen molar-refractivity contribution in [3.05, 3.63) is 24.4 Å². The molecule has 2 aromatic rings. The minimum absolute atomic E-state index is 0.183. The summed E-state index contributed by atoms with van der Waals surface area (Å²) in [5, 5.41) is 26.8. The summed E-state index contributed by atoms with van der Waals surface area (Å²) in [5.41, 5.74) is -7.19. The van der Waals surface area contributed by atoms with Gasteiger partial charge in [-0.15, -0.1) is 5.10 Å². The van der Waals surface area contributed by atoms with Gasteiger partial charge in [-0.3, -0.25) is 19.1 Å². The van der Waals surface area contributed by atoms with Crippen molar-refractivity contribution in [1.29, 1.82) is 0 Å². The fourth-order valence-corrected chi connectivity index (χ4v) is 5.33. The van der Waals surface area contributed by atoms with Crippen molar-refractivity contribution < 1.29 is 68.8 Å².